The van der Waals surface area contributed by atoms with Crippen LogP contribution in [-0.4, -0.2) is 37.1 Å². The molecule has 0 saturated carbocycles. The van der Waals surface area contributed by atoms with E-state index in [-0.39, 0.29) is 24.3 Å². The number of benzene rings is 1. The Morgan fingerprint density at radius 2 is 1.74 bits per heavy atom. The number of ether oxygens (including phenoxy) is 1. The van der Waals surface area contributed by atoms with E-state index in [4.69, 9.17) is 4.74 Å². The van der Waals surface area contributed by atoms with Crippen molar-refractivity contribution in [3.05, 3.63) is 35.4 Å². The minimum Gasteiger partial charge on any atom is -0.464 e. The lowest BCUT2D eigenvalue weighted by molar-refractivity contribution is -0.145. The number of esters is 1. The van der Waals surface area contributed by atoms with E-state index < -0.39 is 0 Å². The summed E-state index contributed by atoms with van der Waals surface area (Å²) >= 11 is 0. The summed E-state index contributed by atoms with van der Waals surface area (Å²) in [4.78, 5) is 14.5. The number of rotatable bonds is 7. The van der Waals surface area contributed by atoms with Crippen molar-refractivity contribution in [3.63, 3.8) is 0 Å². The van der Waals surface area contributed by atoms with Crippen LogP contribution in [0.25, 0.3) is 0 Å². The zero-order valence-electron chi connectivity index (χ0n) is 14.6. The van der Waals surface area contributed by atoms with E-state index >= 15 is 0 Å². The number of nitrogens with zero attached hydrogens (tertiary/aromatic N) is 1. The number of hydrogen-bond donors (Lipinski definition) is 0. The molecular weight excluding hydrogens is 310 g/mol. The third kappa shape index (κ3) is 6.52. The molecule has 3 nitrogen and oxygen atoms in total. The molecule has 23 heavy (non-hydrogen) atoms. The molecule has 4 heteroatoms. The highest BCUT2D eigenvalue weighted by Gasteiger charge is 2.18. The maximum absolute atomic E-state index is 12.1. The molecule has 2 rings (SSSR count). The maximum atomic E-state index is 12.1. The van der Waals surface area contributed by atoms with E-state index in [0.717, 1.165) is 31.6 Å². The monoisotopic (exact) mass is 339 g/mol. The summed E-state index contributed by atoms with van der Waals surface area (Å²) in [6.07, 6.45) is 3.62. The van der Waals surface area contributed by atoms with Crippen LogP contribution in [0, 0.1) is 5.92 Å². The largest absolute Gasteiger partial charge is 0.464 e. The zero-order valence-corrected chi connectivity index (χ0v) is 15.4. The topological polar surface area (TPSA) is 29.5 Å². The van der Waals surface area contributed by atoms with Gasteiger partial charge >= 0.3 is 5.97 Å². The van der Waals surface area contributed by atoms with Crippen molar-refractivity contribution in [1.29, 1.82) is 0 Å². The molecule has 1 atom stereocenters. The fourth-order valence-corrected chi connectivity index (χ4v) is 2.96. The van der Waals surface area contributed by atoms with Crippen molar-refractivity contribution in [1.82, 2.24) is 4.90 Å². The van der Waals surface area contributed by atoms with Crippen LogP contribution in [0.3, 0.4) is 0 Å². The molecule has 0 N–H and O–H groups in total. The van der Waals surface area contributed by atoms with Crippen LogP contribution in [0.2, 0.25) is 0 Å². The van der Waals surface area contributed by atoms with Crippen molar-refractivity contribution in [2.24, 2.45) is 5.92 Å². The van der Waals surface area contributed by atoms with Gasteiger partial charge in [-0.1, -0.05) is 38.1 Å². The van der Waals surface area contributed by atoms with Crippen LogP contribution >= 0.6 is 12.4 Å². The lowest BCUT2D eigenvalue weighted by Gasteiger charge is -2.16. The first-order valence-corrected chi connectivity index (χ1v) is 8.54. The van der Waals surface area contributed by atoms with Crippen LogP contribution in [0.1, 0.15) is 50.7 Å². The van der Waals surface area contributed by atoms with Gasteiger partial charge in [0.25, 0.3) is 0 Å². The van der Waals surface area contributed by atoms with Gasteiger partial charge in [-0.2, -0.15) is 0 Å². The Kier molecular flexibility index (Phi) is 8.64. The lowest BCUT2D eigenvalue weighted by Crippen LogP contribution is -2.26. The second-order valence-corrected chi connectivity index (χ2v) is 6.78. The number of likely N-dealkylation sites (tertiary alicyclic amines) is 1. The highest BCUT2D eigenvalue weighted by atomic mass is 35.5. The predicted molar refractivity (Wildman–Crippen MR) is 97.3 cm³/mol. The van der Waals surface area contributed by atoms with Gasteiger partial charge in [-0.25, -0.2) is 0 Å². The number of halogens is 1. The van der Waals surface area contributed by atoms with Crippen LogP contribution in [0.4, 0.5) is 0 Å². The van der Waals surface area contributed by atoms with Crippen LogP contribution in [0.15, 0.2) is 24.3 Å². The summed E-state index contributed by atoms with van der Waals surface area (Å²) in [5, 5.41) is 0. The minimum absolute atomic E-state index is 0. The molecule has 1 heterocycles. The molecule has 1 aliphatic rings. The van der Waals surface area contributed by atoms with Crippen LogP contribution < -0.4 is 0 Å². The molecule has 0 aromatic heterocycles. The molecule has 0 bridgehead atoms. The fraction of sp³-hybridized carbons (Fsp3) is 0.632. The quantitative estimate of drug-likeness (QED) is 0.702. The van der Waals surface area contributed by atoms with Gasteiger partial charge in [0.2, 0.25) is 0 Å². The summed E-state index contributed by atoms with van der Waals surface area (Å²) in [5.41, 5.74) is 2.37. The highest BCUT2D eigenvalue weighted by Crippen LogP contribution is 2.19. The summed E-state index contributed by atoms with van der Waals surface area (Å²) in [6, 6.07) is 8.38. The summed E-state index contributed by atoms with van der Waals surface area (Å²) < 4.78 is 5.43. The molecule has 1 aliphatic heterocycles. The predicted octanol–water partition coefficient (Wildman–Crippen LogP) is 4.05. The second-order valence-electron chi connectivity index (χ2n) is 6.78. The molecule has 0 spiro atoms. The molecule has 1 unspecified atom stereocenters. The Labute approximate surface area is 146 Å². The average molecular weight is 340 g/mol. The normalized spacial score (nSPS) is 16.2. The fourth-order valence-electron chi connectivity index (χ4n) is 2.96. The van der Waals surface area contributed by atoms with Crippen molar-refractivity contribution in [3.8, 4) is 0 Å². The van der Waals surface area contributed by atoms with Gasteiger partial charge in [0.15, 0.2) is 0 Å². The smallest absolute Gasteiger partial charge is 0.313 e. The summed E-state index contributed by atoms with van der Waals surface area (Å²) in [6.45, 7) is 10.0. The van der Waals surface area contributed by atoms with Gasteiger partial charge < -0.3 is 4.74 Å². The van der Waals surface area contributed by atoms with Crippen molar-refractivity contribution < 1.29 is 9.53 Å². The Balaban J connectivity index is 0.00000264. The summed E-state index contributed by atoms with van der Waals surface area (Å²) in [5.74, 6) is 0.348. The zero-order chi connectivity index (χ0) is 15.9. The molecular formula is C19H30ClNO2. The highest BCUT2D eigenvalue weighted by molar-refractivity contribution is 5.85. The van der Waals surface area contributed by atoms with Crippen molar-refractivity contribution in [2.45, 2.75) is 46.0 Å². The van der Waals surface area contributed by atoms with Crippen molar-refractivity contribution >= 4 is 18.4 Å². The molecule has 0 aliphatic carbocycles. The van der Waals surface area contributed by atoms with Crippen LogP contribution in [0.5, 0.6) is 0 Å². The van der Waals surface area contributed by atoms with E-state index in [2.05, 4.69) is 43.0 Å². The van der Waals surface area contributed by atoms with Crippen molar-refractivity contribution in [2.75, 3.05) is 26.2 Å². The first-order valence-electron chi connectivity index (χ1n) is 8.54. The average Bonchev–Trinajstić information content (AvgIpc) is 3.00. The van der Waals surface area contributed by atoms with Gasteiger partial charge in [0.1, 0.15) is 6.61 Å². The van der Waals surface area contributed by atoms with Gasteiger partial charge in [-0.3, -0.25) is 9.69 Å². The van der Waals surface area contributed by atoms with Gasteiger partial charge in [0.05, 0.1) is 5.92 Å². The van der Waals surface area contributed by atoms with E-state index in [9.17, 15) is 4.79 Å². The molecule has 1 fully saturated rings. The Bertz CT molecular complexity index is 467. The molecule has 1 saturated heterocycles. The standard InChI is InChI=1S/C19H29NO2.ClH/c1-15(2)14-17-6-8-18(9-7-17)16(3)19(21)22-13-12-20-10-4-5-11-20;/h6-9,15-16H,4-5,10-14H2,1-3H3;1H. The van der Waals surface area contributed by atoms with Gasteiger partial charge in [0, 0.05) is 6.54 Å². The molecule has 0 radical (unpaired) electrons. The Morgan fingerprint density at radius 1 is 1.13 bits per heavy atom. The number of carbonyl (C=O) groups is 1. The first-order chi connectivity index (χ1) is 10.6. The third-order valence-electron chi connectivity index (χ3n) is 4.33. The second kappa shape index (κ2) is 9.94. The molecule has 130 valence electrons. The third-order valence-corrected chi connectivity index (χ3v) is 4.33. The van der Waals surface area contributed by atoms with Gasteiger partial charge in [-0.05, 0) is 56.3 Å². The van der Waals surface area contributed by atoms with E-state index in [1.807, 2.05) is 6.92 Å². The van der Waals surface area contributed by atoms with E-state index in [0.29, 0.717) is 12.5 Å². The SMILES string of the molecule is CC(C)Cc1ccc(C(C)C(=O)OCCN2CCCC2)cc1.Cl. The number of hydrogen-bond acceptors (Lipinski definition) is 3. The molecule has 1 aromatic carbocycles. The summed E-state index contributed by atoms with van der Waals surface area (Å²) in [7, 11) is 0. The maximum Gasteiger partial charge on any atom is 0.313 e. The first kappa shape index (κ1) is 20.0. The van der Waals surface area contributed by atoms with E-state index in [1.54, 1.807) is 0 Å². The number of carbonyl (C=O) groups excluding carboxylic acids is 1. The molecule has 0 amide bonds. The lowest BCUT2D eigenvalue weighted by atomic mass is 9.97. The van der Waals surface area contributed by atoms with Gasteiger partial charge in [-0.15, -0.1) is 12.4 Å². The Morgan fingerprint density at radius 3 is 2.30 bits per heavy atom. The Hall–Kier alpha value is -1.06. The minimum atomic E-state index is -0.188. The van der Waals surface area contributed by atoms with Crippen LogP contribution in [-0.2, 0) is 16.0 Å². The molecule has 1 aromatic rings. The van der Waals surface area contributed by atoms with E-state index in [1.165, 1.54) is 18.4 Å².